The van der Waals surface area contributed by atoms with E-state index >= 15 is 0 Å². The van der Waals surface area contributed by atoms with Crippen LogP contribution in [0.2, 0.25) is 0 Å². The summed E-state index contributed by atoms with van der Waals surface area (Å²) in [6, 6.07) is 18.7. The van der Waals surface area contributed by atoms with Crippen molar-refractivity contribution in [2.75, 3.05) is 12.3 Å². The quantitative estimate of drug-likeness (QED) is 0.372. The van der Waals surface area contributed by atoms with Crippen LogP contribution in [0.25, 0.3) is 21.9 Å². The minimum atomic E-state index is -0.406. The average Bonchev–Trinajstić information content (AvgIpc) is 3.23. The summed E-state index contributed by atoms with van der Waals surface area (Å²) in [7, 11) is 0. The molecule has 34 heavy (non-hydrogen) atoms. The van der Waals surface area contributed by atoms with E-state index in [2.05, 4.69) is 29.2 Å². The molecule has 0 fully saturated rings. The van der Waals surface area contributed by atoms with E-state index in [1.165, 1.54) is 17.7 Å². The lowest BCUT2D eigenvalue weighted by Crippen LogP contribution is -2.11. The molecule has 0 radical (unpaired) electrons. The molecular weight excluding hydrogens is 431 g/mol. The van der Waals surface area contributed by atoms with Crippen LogP contribution in [-0.2, 0) is 22.4 Å². The molecule has 1 heterocycles. The van der Waals surface area contributed by atoms with Gasteiger partial charge in [0.25, 0.3) is 0 Å². The van der Waals surface area contributed by atoms with Gasteiger partial charge in [-0.15, -0.1) is 0 Å². The third kappa shape index (κ3) is 4.31. The van der Waals surface area contributed by atoms with E-state index in [0.29, 0.717) is 23.7 Å². The number of halogens is 1. The monoisotopic (exact) mass is 456 g/mol. The third-order valence-electron chi connectivity index (χ3n) is 6.24. The van der Waals surface area contributed by atoms with E-state index in [1.807, 2.05) is 18.2 Å². The van der Waals surface area contributed by atoms with Gasteiger partial charge in [0.1, 0.15) is 23.5 Å². The number of hydrogen-bond donors (Lipinski definition) is 1. The van der Waals surface area contributed by atoms with Crippen molar-refractivity contribution in [1.82, 2.24) is 4.98 Å². The number of benzene rings is 3. The van der Waals surface area contributed by atoms with E-state index in [1.54, 1.807) is 19.2 Å². The lowest BCUT2D eigenvalue weighted by molar-refractivity contribution is -0.142. The predicted molar refractivity (Wildman–Crippen MR) is 130 cm³/mol. The van der Waals surface area contributed by atoms with Crippen molar-refractivity contribution >= 4 is 22.6 Å². The molecule has 1 aromatic heterocycles. The first-order valence-electron chi connectivity index (χ1n) is 11.4. The lowest BCUT2D eigenvalue weighted by Gasteiger charge is -2.18. The summed E-state index contributed by atoms with van der Waals surface area (Å²) in [5.74, 6) is 0.109. The van der Waals surface area contributed by atoms with E-state index in [-0.39, 0.29) is 18.5 Å². The normalized spacial score (nSPS) is 14.7. The fourth-order valence-electron chi connectivity index (χ4n) is 4.54. The standard InChI is InChI=1S/C28H25FN2O3/c1-2-33-27(32)15-21-7-9-22(29)16-26(21)34-25-10-8-17-3-5-19(13-23(17)25)20-6-4-18-11-12-31-28(30)24(18)14-20/h3-7,9,11-14,16,25H,2,8,10,15H2,1H3,(H2,30,31). The number of nitrogens with zero attached hydrogens (tertiary/aromatic N) is 1. The number of carbonyl (C=O) groups is 1. The van der Waals surface area contributed by atoms with E-state index in [9.17, 15) is 9.18 Å². The summed E-state index contributed by atoms with van der Waals surface area (Å²) in [5.41, 5.74) is 11.1. The summed E-state index contributed by atoms with van der Waals surface area (Å²) in [5, 5.41) is 1.95. The van der Waals surface area contributed by atoms with Crippen LogP contribution in [0.4, 0.5) is 10.2 Å². The molecule has 0 aliphatic heterocycles. The van der Waals surface area contributed by atoms with Crippen LogP contribution in [0.5, 0.6) is 5.75 Å². The Bertz CT molecular complexity index is 1390. The first-order valence-corrected chi connectivity index (χ1v) is 11.4. The number of nitrogen functional groups attached to an aromatic ring is 1. The molecule has 1 aliphatic rings. The van der Waals surface area contributed by atoms with Gasteiger partial charge in [0.2, 0.25) is 0 Å². The van der Waals surface area contributed by atoms with Gasteiger partial charge in [-0.25, -0.2) is 9.37 Å². The van der Waals surface area contributed by atoms with E-state index in [4.69, 9.17) is 15.2 Å². The first kappa shape index (κ1) is 21.9. The number of nitrogens with two attached hydrogens (primary N) is 1. The Morgan fingerprint density at radius 1 is 1.09 bits per heavy atom. The van der Waals surface area contributed by atoms with Crippen LogP contribution in [0.15, 0.2) is 66.9 Å². The number of hydrogen-bond acceptors (Lipinski definition) is 5. The van der Waals surface area contributed by atoms with Gasteiger partial charge in [-0.2, -0.15) is 0 Å². The second-order valence-corrected chi connectivity index (χ2v) is 8.42. The van der Waals surface area contributed by atoms with Gasteiger partial charge in [0.15, 0.2) is 0 Å². The summed E-state index contributed by atoms with van der Waals surface area (Å²) in [6.07, 6.45) is 3.16. The summed E-state index contributed by atoms with van der Waals surface area (Å²) in [6.45, 7) is 2.05. The van der Waals surface area contributed by atoms with Crippen LogP contribution in [0.1, 0.15) is 36.1 Å². The Kier molecular flexibility index (Phi) is 5.88. The number of esters is 1. The van der Waals surface area contributed by atoms with E-state index in [0.717, 1.165) is 40.3 Å². The van der Waals surface area contributed by atoms with Gasteiger partial charge in [0.05, 0.1) is 13.0 Å². The molecule has 6 heteroatoms. The van der Waals surface area contributed by atoms with Gasteiger partial charge in [-0.05, 0) is 71.7 Å². The molecule has 3 aromatic carbocycles. The minimum absolute atomic E-state index is 0.0373. The highest BCUT2D eigenvalue weighted by Gasteiger charge is 2.26. The van der Waals surface area contributed by atoms with Crippen LogP contribution in [-0.4, -0.2) is 17.6 Å². The Labute approximate surface area is 197 Å². The number of rotatable bonds is 6. The summed E-state index contributed by atoms with van der Waals surface area (Å²) in [4.78, 5) is 16.2. The largest absolute Gasteiger partial charge is 0.485 e. The van der Waals surface area contributed by atoms with Crippen LogP contribution in [0.3, 0.4) is 0 Å². The molecule has 0 spiro atoms. The Balaban J connectivity index is 1.46. The molecule has 172 valence electrons. The van der Waals surface area contributed by atoms with Crippen LogP contribution < -0.4 is 10.5 Å². The van der Waals surface area contributed by atoms with Gasteiger partial charge >= 0.3 is 5.97 Å². The molecule has 0 amide bonds. The molecule has 0 saturated carbocycles. The Hall–Kier alpha value is -3.93. The molecule has 4 aromatic rings. The second kappa shape index (κ2) is 9.14. The number of fused-ring (bicyclic) bond motifs is 2. The minimum Gasteiger partial charge on any atom is -0.485 e. The van der Waals surface area contributed by atoms with Crippen molar-refractivity contribution in [3.63, 3.8) is 0 Å². The molecule has 5 nitrogen and oxygen atoms in total. The number of aryl methyl sites for hydroxylation is 1. The van der Waals surface area contributed by atoms with Crippen molar-refractivity contribution in [2.45, 2.75) is 32.3 Å². The number of aromatic nitrogens is 1. The smallest absolute Gasteiger partial charge is 0.310 e. The highest BCUT2D eigenvalue weighted by Crippen LogP contribution is 2.39. The number of anilines is 1. The lowest BCUT2D eigenvalue weighted by atomic mass is 9.98. The average molecular weight is 457 g/mol. The molecule has 0 saturated heterocycles. The zero-order chi connectivity index (χ0) is 23.7. The second-order valence-electron chi connectivity index (χ2n) is 8.42. The summed E-state index contributed by atoms with van der Waals surface area (Å²) < 4.78 is 25.4. The fraction of sp³-hybridized carbons (Fsp3) is 0.214. The van der Waals surface area contributed by atoms with E-state index < -0.39 is 5.82 Å². The van der Waals surface area contributed by atoms with Crippen molar-refractivity contribution in [3.05, 3.63) is 89.4 Å². The highest BCUT2D eigenvalue weighted by atomic mass is 19.1. The van der Waals surface area contributed by atoms with Crippen molar-refractivity contribution in [1.29, 1.82) is 0 Å². The zero-order valence-corrected chi connectivity index (χ0v) is 18.9. The van der Waals surface area contributed by atoms with Gasteiger partial charge < -0.3 is 15.2 Å². The molecule has 0 bridgehead atoms. The SMILES string of the molecule is CCOC(=O)Cc1ccc(F)cc1OC1CCc2ccc(-c3ccc4ccnc(N)c4c3)cc21. The molecule has 1 atom stereocenters. The maximum atomic E-state index is 14.0. The first-order chi connectivity index (χ1) is 16.5. The third-order valence-corrected chi connectivity index (χ3v) is 6.24. The Morgan fingerprint density at radius 2 is 1.91 bits per heavy atom. The maximum absolute atomic E-state index is 14.0. The molecule has 1 unspecified atom stereocenters. The zero-order valence-electron chi connectivity index (χ0n) is 18.9. The topological polar surface area (TPSA) is 74.4 Å². The van der Waals surface area contributed by atoms with Gasteiger partial charge in [-0.3, -0.25) is 4.79 Å². The number of carbonyl (C=O) groups excluding carboxylic acids is 1. The van der Waals surface area contributed by atoms with Crippen molar-refractivity contribution in [2.24, 2.45) is 0 Å². The molecule has 1 aliphatic carbocycles. The highest BCUT2D eigenvalue weighted by molar-refractivity contribution is 5.94. The van der Waals surface area contributed by atoms with Crippen molar-refractivity contribution < 1.29 is 18.7 Å². The van der Waals surface area contributed by atoms with Crippen molar-refractivity contribution in [3.8, 4) is 16.9 Å². The fourth-order valence-corrected chi connectivity index (χ4v) is 4.54. The Morgan fingerprint density at radius 3 is 2.76 bits per heavy atom. The van der Waals surface area contributed by atoms with Gasteiger partial charge in [0, 0.05) is 23.2 Å². The van der Waals surface area contributed by atoms with Crippen LogP contribution >= 0.6 is 0 Å². The summed E-state index contributed by atoms with van der Waals surface area (Å²) >= 11 is 0. The maximum Gasteiger partial charge on any atom is 0.310 e. The number of pyridine rings is 1. The van der Waals surface area contributed by atoms with Gasteiger partial charge in [-0.1, -0.05) is 30.3 Å². The predicted octanol–water partition coefficient (Wildman–Crippen LogP) is 5.80. The number of ether oxygens (including phenoxy) is 2. The molecule has 2 N–H and O–H groups in total. The van der Waals surface area contributed by atoms with Crippen LogP contribution in [0, 0.1) is 5.82 Å². The molecule has 5 rings (SSSR count). The molecular formula is C28H25FN2O3.